The summed E-state index contributed by atoms with van der Waals surface area (Å²) in [6.45, 7) is 10.1. The van der Waals surface area contributed by atoms with Crippen LogP contribution in [-0.4, -0.2) is 71.2 Å². The van der Waals surface area contributed by atoms with Crippen molar-refractivity contribution in [2.45, 2.75) is 43.4 Å². The Hall–Kier alpha value is -3.46. The summed E-state index contributed by atoms with van der Waals surface area (Å²) in [5, 5.41) is 10.2. The molecular weight excluding hydrogens is 542 g/mol. The van der Waals surface area contributed by atoms with Gasteiger partial charge in [-0.3, -0.25) is 14.4 Å². The summed E-state index contributed by atoms with van der Waals surface area (Å²) in [5.41, 5.74) is -0.785. The molecule has 216 valence electrons. The highest BCUT2D eigenvalue weighted by atomic mass is 35.5. The molecule has 3 saturated heterocycles. The molecule has 3 aliphatic rings. The van der Waals surface area contributed by atoms with Crippen LogP contribution in [0.1, 0.15) is 26.2 Å². The number of halogens is 1. The molecule has 1 N–H and O–H groups in total. The van der Waals surface area contributed by atoms with Gasteiger partial charge in [-0.2, -0.15) is 0 Å². The number of nitrogens with zero attached hydrogens (tertiary/aromatic N) is 3. The SMILES string of the molecule is C=CCN(C(=O)C1N(CCCO)C(=O)[C@@H]2[C@H](C(=O)N(CC=C)c3ccccc3)[C@]3(C)CCC12O3)c1ccc(Cl)cc1. The Morgan fingerprint density at radius 1 is 1.02 bits per heavy atom. The number of aliphatic hydroxyl groups excluding tert-OH is 1. The van der Waals surface area contributed by atoms with E-state index in [-0.39, 0.29) is 44.0 Å². The smallest absolute Gasteiger partial charge is 0.253 e. The molecule has 0 saturated carbocycles. The number of hydrogen-bond donors (Lipinski definition) is 1. The van der Waals surface area contributed by atoms with Crippen molar-refractivity contribution >= 4 is 40.7 Å². The van der Waals surface area contributed by atoms with Gasteiger partial charge in [0.1, 0.15) is 11.6 Å². The molecule has 3 amide bonds. The van der Waals surface area contributed by atoms with Crippen molar-refractivity contribution in [3.63, 3.8) is 0 Å². The van der Waals surface area contributed by atoms with Crippen LogP contribution in [-0.2, 0) is 19.1 Å². The van der Waals surface area contributed by atoms with Gasteiger partial charge in [-0.25, -0.2) is 0 Å². The molecule has 5 atom stereocenters. The molecule has 1 spiro atoms. The highest BCUT2D eigenvalue weighted by Gasteiger charge is 2.78. The van der Waals surface area contributed by atoms with Crippen LogP contribution in [0.3, 0.4) is 0 Å². The van der Waals surface area contributed by atoms with Gasteiger partial charge in [-0.05, 0) is 62.6 Å². The Labute approximate surface area is 245 Å². The zero-order valence-corrected chi connectivity index (χ0v) is 24.0. The lowest BCUT2D eigenvalue weighted by molar-refractivity contribution is -0.144. The van der Waals surface area contributed by atoms with E-state index in [0.717, 1.165) is 0 Å². The van der Waals surface area contributed by atoms with Gasteiger partial charge in [0.25, 0.3) is 5.91 Å². The van der Waals surface area contributed by atoms with Crippen molar-refractivity contribution in [2.24, 2.45) is 11.8 Å². The topological polar surface area (TPSA) is 90.4 Å². The maximum atomic E-state index is 14.5. The van der Waals surface area contributed by atoms with Crippen LogP contribution in [0.15, 0.2) is 79.9 Å². The molecule has 9 heteroatoms. The molecule has 3 heterocycles. The molecule has 3 aliphatic heterocycles. The van der Waals surface area contributed by atoms with E-state index in [1.54, 1.807) is 46.2 Å². The molecule has 8 nitrogen and oxygen atoms in total. The summed E-state index contributed by atoms with van der Waals surface area (Å²) < 4.78 is 6.77. The maximum absolute atomic E-state index is 14.5. The Morgan fingerprint density at radius 2 is 1.63 bits per heavy atom. The lowest BCUT2D eigenvalue weighted by Gasteiger charge is -2.37. The van der Waals surface area contributed by atoms with Crippen LogP contribution < -0.4 is 9.80 Å². The van der Waals surface area contributed by atoms with Crippen LogP contribution in [0, 0.1) is 11.8 Å². The van der Waals surface area contributed by atoms with E-state index >= 15 is 0 Å². The van der Waals surface area contributed by atoms with Gasteiger partial charge in [-0.15, -0.1) is 13.2 Å². The minimum Gasteiger partial charge on any atom is -0.396 e. The molecule has 5 rings (SSSR count). The van der Waals surface area contributed by atoms with Gasteiger partial charge < -0.3 is 24.5 Å². The maximum Gasteiger partial charge on any atom is 0.253 e. The van der Waals surface area contributed by atoms with E-state index in [0.29, 0.717) is 35.7 Å². The second kappa shape index (κ2) is 11.4. The average Bonchev–Trinajstić information content (AvgIpc) is 3.54. The Morgan fingerprint density at radius 3 is 2.24 bits per heavy atom. The summed E-state index contributed by atoms with van der Waals surface area (Å²) in [5.74, 6) is -2.46. The average molecular weight is 578 g/mol. The molecule has 3 fully saturated rings. The lowest BCUT2D eigenvalue weighted by Crippen LogP contribution is -2.56. The monoisotopic (exact) mass is 577 g/mol. The number of carbonyl (C=O) groups is 3. The number of rotatable bonds is 11. The van der Waals surface area contributed by atoms with Crippen LogP contribution in [0.5, 0.6) is 0 Å². The Kier molecular flexibility index (Phi) is 8.10. The first-order valence-corrected chi connectivity index (χ1v) is 14.4. The van der Waals surface area contributed by atoms with Crippen LogP contribution in [0.2, 0.25) is 5.02 Å². The third-order valence-corrected chi connectivity index (χ3v) is 8.95. The first-order valence-electron chi connectivity index (χ1n) is 14.0. The number of fused-ring (bicyclic) bond motifs is 1. The third kappa shape index (κ3) is 4.78. The van der Waals surface area contributed by atoms with E-state index in [1.807, 2.05) is 37.3 Å². The van der Waals surface area contributed by atoms with Crippen molar-refractivity contribution in [3.05, 3.63) is 84.9 Å². The minimum absolute atomic E-state index is 0.141. The number of likely N-dealkylation sites (tertiary alicyclic amines) is 1. The summed E-state index contributed by atoms with van der Waals surface area (Å²) in [6, 6.07) is 15.2. The fourth-order valence-electron chi connectivity index (χ4n) is 7.01. The van der Waals surface area contributed by atoms with E-state index in [2.05, 4.69) is 13.2 Å². The van der Waals surface area contributed by atoms with E-state index in [1.165, 1.54) is 4.90 Å². The van der Waals surface area contributed by atoms with Crippen LogP contribution >= 0.6 is 11.6 Å². The van der Waals surface area contributed by atoms with Crippen molar-refractivity contribution in [3.8, 4) is 0 Å². The number of anilines is 2. The first kappa shape index (κ1) is 29.0. The van der Waals surface area contributed by atoms with Gasteiger partial charge in [0.15, 0.2) is 0 Å². The molecule has 41 heavy (non-hydrogen) atoms. The normalized spacial score (nSPS) is 27.9. The quantitative estimate of drug-likeness (QED) is 0.404. The highest BCUT2D eigenvalue weighted by molar-refractivity contribution is 6.30. The number of benzene rings is 2. The van der Waals surface area contributed by atoms with Gasteiger partial charge in [0, 0.05) is 42.6 Å². The predicted octanol–water partition coefficient (Wildman–Crippen LogP) is 4.23. The largest absolute Gasteiger partial charge is 0.396 e. The lowest BCUT2D eigenvalue weighted by atomic mass is 9.66. The number of ether oxygens (including phenoxy) is 1. The molecule has 2 bridgehead atoms. The van der Waals surface area contributed by atoms with Crippen molar-refractivity contribution in [1.82, 2.24) is 4.90 Å². The summed E-state index contributed by atoms with van der Waals surface area (Å²) >= 11 is 6.11. The number of amides is 3. The third-order valence-electron chi connectivity index (χ3n) is 8.70. The van der Waals surface area contributed by atoms with Crippen molar-refractivity contribution in [2.75, 3.05) is 36.0 Å². The fourth-order valence-corrected chi connectivity index (χ4v) is 7.14. The van der Waals surface area contributed by atoms with E-state index < -0.39 is 29.1 Å². The summed E-state index contributed by atoms with van der Waals surface area (Å²) in [7, 11) is 0. The standard InChI is InChI=1S/C32H36ClN3O5/c1-4-18-34(23-10-7-6-8-11-23)28(38)25-26-29(39)36(20-9-21-37)27(32(26)17-16-31(25,3)41-32)30(40)35(19-5-2)24-14-12-22(33)13-15-24/h4-8,10-15,25-27,37H,1-2,9,16-21H2,3H3/t25-,26+,27?,31+,32?/m1/s1. The summed E-state index contributed by atoms with van der Waals surface area (Å²) in [4.78, 5) is 47.9. The van der Waals surface area contributed by atoms with Crippen molar-refractivity contribution < 1.29 is 24.2 Å². The number of hydrogen-bond acceptors (Lipinski definition) is 5. The second-order valence-electron chi connectivity index (χ2n) is 11.1. The second-order valence-corrected chi connectivity index (χ2v) is 11.6. The molecule has 0 aliphatic carbocycles. The van der Waals surface area contributed by atoms with Crippen LogP contribution in [0.4, 0.5) is 11.4 Å². The van der Waals surface area contributed by atoms with Gasteiger partial charge in [-0.1, -0.05) is 42.0 Å². The van der Waals surface area contributed by atoms with Crippen LogP contribution in [0.25, 0.3) is 0 Å². The van der Waals surface area contributed by atoms with E-state index in [4.69, 9.17) is 16.3 Å². The molecule has 0 radical (unpaired) electrons. The molecule has 0 aromatic heterocycles. The first-order chi connectivity index (χ1) is 19.7. The number of carbonyl (C=O) groups excluding carboxylic acids is 3. The summed E-state index contributed by atoms with van der Waals surface area (Å²) in [6.07, 6.45) is 4.58. The number of para-hydroxylation sites is 1. The molecule has 2 aromatic rings. The Bertz CT molecular complexity index is 1330. The molecule has 2 aromatic carbocycles. The Balaban J connectivity index is 1.58. The van der Waals surface area contributed by atoms with Gasteiger partial charge in [0.05, 0.1) is 17.4 Å². The minimum atomic E-state index is -1.18. The van der Waals surface area contributed by atoms with Gasteiger partial charge in [0.2, 0.25) is 11.8 Å². The predicted molar refractivity (Wildman–Crippen MR) is 159 cm³/mol. The van der Waals surface area contributed by atoms with Gasteiger partial charge >= 0.3 is 0 Å². The zero-order chi connectivity index (χ0) is 29.4. The highest BCUT2D eigenvalue weighted by Crippen LogP contribution is 2.63. The molecular formula is C32H36ClN3O5. The van der Waals surface area contributed by atoms with E-state index in [9.17, 15) is 19.5 Å². The molecule has 2 unspecified atom stereocenters. The zero-order valence-electron chi connectivity index (χ0n) is 23.2. The fraction of sp³-hybridized carbons (Fsp3) is 0.406. The van der Waals surface area contributed by atoms with Crippen molar-refractivity contribution in [1.29, 1.82) is 0 Å². The number of aliphatic hydroxyl groups is 1.